The van der Waals surface area contributed by atoms with Gasteiger partial charge in [-0.15, -0.1) is 0 Å². The number of hydrogen-bond donors (Lipinski definition) is 2. The van der Waals surface area contributed by atoms with E-state index in [0.717, 1.165) is 0 Å². The molecule has 0 aromatic heterocycles. The lowest BCUT2D eigenvalue weighted by Crippen LogP contribution is -2.18. The van der Waals surface area contributed by atoms with Gasteiger partial charge in [-0.25, -0.2) is 8.42 Å². The Morgan fingerprint density at radius 2 is 0.935 bits per heavy atom. The molecular weight excluding hydrogens is 616 g/mol. The minimum absolute atomic E-state index is 0.0436. The summed E-state index contributed by atoms with van der Waals surface area (Å²) in [6, 6.07) is 15.6. The van der Waals surface area contributed by atoms with Gasteiger partial charge in [0.05, 0.1) is 63.6 Å². The lowest BCUT2D eigenvalue weighted by molar-refractivity contribution is 0.101. The van der Waals surface area contributed by atoms with Gasteiger partial charge in [-0.2, -0.15) is 0 Å². The average Bonchev–Trinajstić information content (AvgIpc) is 3.07. The highest BCUT2D eigenvalue weighted by atomic mass is 32.2. The van der Waals surface area contributed by atoms with Gasteiger partial charge in [0, 0.05) is 17.8 Å². The van der Waals surface area contributed by atoms with E-state index in [1.807, 2.05) is 0 Å². The maximum absolute atomic E-state index is 13.9. The van der Waals surface area contributed by atoms with Crippen LogP contribution >= 0.6 is 0 Å². The summed E-state index contributed by atoms with van der Waals surface area (Å²) in [4.78, 5) is 26.6. The van der Waals surface area contributed by atoms with E-state index in [1.165, 1.54) is 66.9 Å². The predicted octanol–water partition coefficient (Wildman–Crippen LogP) is 4.98. The lowest BCUT2D eigenvalue weighted by Gasteiger charge is -2.22. The topological polar surface area (TPSA) is 148 Å². The summed E-state index contributed by atoms with van der Waals surface area (Å²) in [7, 11) is 4.56. The van der Waals surface area contributed by atoms with E-state index in [1.54, 1.807) is 36.4 Å². The molecule has 2 amide bonds. The second-order valence-electron chi connectivity index (χ2n) is 10.00. The Labute approximate surface area is 266 Å². The zero-order chi connectivity index (χ0) is 33.2. The lowest BCUT2D eigenvalue weighted by atomic mass is 10.0. The van der Waals surface area contributed by atoms with Crippen molar-refractivity contribution in [2.45, 2.75) is 16.2 Å². The number of amides is 2. The van der Waals surface area contributed by atoms with Crippen molar-refractivity contribution in [2.24, 2.45) is 0 Å². The Morgan fingerprint density at radius 3 is 1.28 bits per heavy atom. The highest BCUT2D eigenvalue weighted by Crippen LogP contribution is 2.42. The van der Waals surface area contributed by atoms with Gasteiger partial charge in [0.1, 0.15) is 0 Å². The second-order valence-corrected chi connectivity index (χ2v) is 11.9. The molecule has 1 heterocycles. The van der Waals surface area contributed by atoms with E-state index in [2.05, 4.69) is 10.6 Å². The maximum Gasteiger partial charge on any atom is 0.259 e. The number of sulfone groups is 1. The van der Waals surface area contributed by atoms with Gasteiger partial charge < -0.3 is 39.1 Å². The van der Waals surface area contributed by atoms with Crippen LogP contribution in [0.3, 0.4) is 0 Å². The summed E-state index contributed by atoms with van der Waals surface area (Å²) < 4.78 is 59.9. The van der Waals surface area contributed by atoms with Crippen LogP contribution in [0.15, 0.2) is 70.5 Å². The molecular formula is C33H32N2O10S. The molecule has 0 unspecified atom stereocenters. The molecule has 12 nitrogen and oxygen atoms in total. The van der Waals surface area contributed by atoms with Gasteiger partial charge in [0.15, 0.2) is 23.0 Å². The molecule has 2 N–H and O–H groups in total. The zero-order valence-corrected chi connectivity index (χ0v) is 26.8. The fourth-order valence-electron chi connectivity index (χ4n) is 5.34. The largest absolute Gasteiger partial charge is 0.493 e. The third-order valence-corrected chi connectivity index (χ3v) is 9.43. The van der Waals surface area contributed by atoms with E-state index in [-0.39, 0.29) is 55.3 Å². The van der Waals surface area contributed by atoms with Crippen LogP contribution in [0.2, 0.25) is 0 Å². The number of anilines is 2. The van der Waals surface area contributed by atoms with E-state index < -0.39 is 21.7 Å². The molecule has 5 rings (SSSR count). The monoisotopic (exact) mass is 648 g/mol. The minimum Gasteiger partial charge on any atom is -0.493 e. The number of benzene rings is 4. The van der Waals surface area contributed by atoms with Crippen LogP contribution in [0.5, 0.6) is 34.5 Å². The zero-order valence-electron chi connectivity index (χ0n) is 26.0. The second kappa shape index (κ2) is 12.9. The van der Waals surface area contributed by atoms with Crippen LogP contribution < -0.4 is 39.1 Å². The first kappa shape index (κ1) is 32.0. The molecule has 240 valence electrons. The first-order valence-corrected chi connectivity index (χ1v) is 15.3. The van der Waals surface area contributed by atoms with Crippen molar-refractivity contribution < 1.29 is 46.4 Å². The standard InChI is InChI=1S/C33H32N2O10S/c1-40-24-13-11-22(28(42-3)30(24)44-5)32(36)34-20-9-7-18-15-19-8-10-21(17-27(19)46(38,39)26(18)16-20)35-33(37)23-12-14-25(41-2)31(45-6)29(23)43-4/h7-14,16-17H,15H2,1-6H3,(H,34,36)(H,35,37). The SMILES string of the molecule is COc1ccc(C(=O)Nc2ccc3c(c2)S(=O)(=O)c2cc(NC(=O)c4ccc(OC)c(OC)c4OC)ccc2C3)c(OC)c1OC. The van der Waals surface area contributed by atoms with E-state index in [4.69, 9.17) is 28.4 Å². The smallest absolute Gasteiger partial charge is 0.259 e. The van der Waals surface area contributed by atoms with Crippen LogP contribution in [-0.4, -0.2) is 62.9 Å². The highest BCUT2D eigenvalue weighted by Gasteiger charge is 2.31. The number of methoxy groups -OCH3 is 6. The molecule has 1 aliphatic rings. The van der Waals surface area contributed by atoms with Crippen LogP contribution in [-0.2, 0) is 16.3 Å². The van der Waals surface area contributed by atoms with Crippen molar-refractivity contribution in [3.05, 3.63) is 82.9 Å². The Bertz CT molecular complexity index is 1820. The molecule has 0 radical (unpaired) electrons. The Balaban J connectivity index is 1.43. The van der Waals surface area contributed by atoms with Crippen LogP contribution in [0.25, 0.3) is 0 Å². The van der Waals surface area contributed by atoms with Gasteiger partial charge in [-0.05, 0) is 59.7 Å². The molecule has 0 saturated carbocycles. The van der Waals surface area contributed by atoms with Crippen LogP contribution in [0, 0.1) is 0 Å². The number of carbonyl (C=O) groups excluding carboxylic acids is 2. The summed E-state index contributed by atoms with van der Waals surface area (Å²) in [5.41, 5.74) is 1.99. The van der Waals surface area contributed by atoms with Crippen molar-refractivity contribution in [3.8, 4) is 34.5 Å². The summed E-state index contributed by atoms with van der Waals surface area (Å²) >= 11 is 0. The molecule has 1 aliphatic heterocycles. The van der Waals surface area contributed by atoms with Crippen LogP contribution in [0.1, 0.15) is 31.8 Å². The van der Waals surface area contributed by atoms with Crippen molar-refractivity contribution in [1.29, 1.82) is 0 Å². The molecule has 13 heteroatoms. The van der Waals surface area contributed by atoms with E-state index >= 15 is 0 Å². The van der Waals surface area contributed by atoms with Gasteiger partial charge in [-0.3, -0.25) is 9.59 Å². The molecule has 46 heavy (non-hydrogen) atoms. The fourth-order valence-corrected chi connectivity index (χ4v) is 7.11. The van der Waals surface area contributed by atoms with Crippen LogP contribution in [0.4, 0.5) is 11.4 Å². The third-order valence-electron chi connectivity index (χ3n) is 7.51. The Morgan fingerprint density at radius 1 is 0.543 bits per heavy atom. The van der Waals surface area contributed by atoms with Gasteiger partial charge >= 0.3 is 0 Å². The van der Waals surface area contributed by atoms with Crippen molar-refractivity contribution in [2.75, 3.05) is 53.3 Å². The predicted molar refractivity (Wildman–Crippen MR) is 169 cm³/mol. The van der Waals surface area contributed by atoms with Gasteiger partial charge in [-0.1, -0.05) is 12.1 Å². The van der Waals surface area contributed by atoms with Gasteiger partial charge in [0.25, 0.3) is 11.8 Å². The highest BCUT2D eigenvalue weighted by molar-refractivity contribution is 7.91. The Hall–Kier alpha value is -5.43. The molecule has 4 aromatic rings. The normalized spacial score (nSPS) is 12.6. The third kappa shape index (κ3) is 5.60. The molecule has 0 bridgehead atoms. The number of rotatable bonds is 10. The first-order valence-electron chi connectivity index (χ1n) is 13.8. The molecule has 0 fully saturated rings. The van der Waals surface area contributed by atoms with E-state index in [9.17, 15) is 18.0 Å². The number of ether oxygens (including phenoxy) is 6. The maximum atomic E-state index is 13.9. The summed E-state index contributed by atoms with van der Waals surface area (Å²) in [5, 5.41) is 5.50. The molecule has 4 aromatic carbocycles. The van der Waals surface area contributed by atoms with Gasteiger partial charge in [0.2, 0.25) is 21.3 Å². The number of carbonyl (C=O) groups is 2. The summed E-state index contributed by atoms with van der Waals surface area (Å²) in [5.74, 6) is 0.507. The molecule has 0 atom stereocenters. The van der Waals surface area contributed by atoms with Crippen molar-refractivity contribution >= 4 is 33.0 Å². The molecule has 0 aliphatic carbocycles. The fraction of sp³-hybridized carbons (Fsp3) is 0.212. The minimum atomic E-state index is -4.04. The number of nitrogens with one attached hydrogen (secondary N) is 2. The molecule has 0 saturated heterocycles. The van der Waals surface area contributed by atoms with E-state index in [0.29, 0.717) is 29.0 Å². The number of fused-ring (bicyclic) bond motifs is 2. The summed E-state index contributed by atoms with van der Waals surface area (Å²) in [6.45, 7) is 0. The summed E-state index contributed by atoms with van der Waals surface area (Å²) in [6.07, 6.45) is 0.333. The quantitative estimate of drug-likeness (QED) is 0.213. The Kier molecular flexibility index (Phi) is 8.96. The average molecular weight is 649 g/mol. The first-order chi connectivity index (χ1) is 22.1. The van der Waals surface area contributed by atoms with Crippen molar-refractivity contribution in [1.82, 2.24) is 0 Å². The molecule has 0 spiro atoms. The van der Waals surface area contributed by atoms with Crippen molar-refractivity contribution in [3.63, 3.8) is 0 Å². The number of hydrogen-bond acceptors (Lipinski definition) is 10.